The molecule has 0 fully saturated rings. The van der Waals surface area contributed by atoms with Crippen molar-refractivity contribution in [3.05, 3.63) is 29.3 Å². The van der Waals surface area contributed by atoms with Crippen LogP contribution >= 0.6 is 0 Å². The predicted octanol–water partition coefficient (Wildman–Crippen LogP) is 3.30. The molecular weight excluding hydrogens is 208 g/mol. The molecule has 1 aromatic rings. The molecule has 0 radical (unpaired) electrons. The Morgan fingerprint density at radius 3 is 2.47 bits per heavy atom. The van der Waals surface area contributed by atoms with E-state index in [1.54, 1.807) is 0 Å². The molecule has 2 nitrogen and oxygen atoms in total. The summed E-state index contributed by atoms with van der Waals surface area (Å²) in [5.41, 5.74) is 3.65. The maximum Gasteiger partial charge on any atom is 0.121 e. The smallest absolute Gasteiger partial charge is 0.121 e. The number of hydrogen-bond donors (Lipinski definition) is 0. The topological polar surface area (TPSA) is 27.0 Å². The van der Waals surface area contributed by atoms with Crippen molar-refractivity contribution in [3.63, 3.8) is 0 Å². The average Bonchev–Trinajstić information content (AvgIpc) is 2.37. The molecular formula is C15H20N2. The molecule has 1 aliphatic rings. The Morgan fingerprint density at radius 2 is 1.82 bits per heavy atom. The first-order valence-corrected chi connectivity index (χ1v) is 6.31. The van der Waals surface area contributed by atoms with Crippen LogP contribution in [0.5, 0.6) is 0 Å². The fourth-order valence-corrected chi connectivity index (χ4v) is 2.33. The maximum absolute atomic E-state index is 9.17. The van der Waals surface area contributed by atoms with Crippen LogP contribution in [0.3, 0.4) is 0 Å². The van der Waals surface area contributed by atoms with Crippen LogP contribution in [0, 0.1) is 11.3 Å². The van der Waals surface area contributed by atoms with Crippen LogP contribution in [0.25, 0.3) is 0 Å². The molecule has 0 unspecified atom stereocenters. The van der Waals surface area contributed by atoms with Gasteiger partial charge in [-0.1, -0.05) is 6.07 Å². The second-order valence-corrected chi connectivity index (χ2v) is 5.39. The predicted molar refractivity (Wildman–Crippen MR) is 71.2 cm³/mol. The van der Waals surface area contributed by atoms with Gasteiger partial charge in [-0.25, -0.2) is 0 Å². The Morgan fingerprint density at radius 1 is 1.18 bits per heavy atom. The molecule has 0 aliphatic heterocycles. The van der Waals surface area contributed by atoms with E-state index < -0.39 is 5.54 Å². The Balaban J connectivity index is 2.32. The number of rotatable bonds is 2. The molecule has 0 saturated heterocycles. The van der Waals surface area contributed by atoms with Crippen molar-refractivity contribution >= 4 is 5.69 Å². The Labute approximate surface area is 104 Å². The van der Waals surface area contributed by atoms with E-state index in [2.05, 4.69) is 29.2 Å². The van der Waals surface area contributed by atoms with Crippen molar-refractivity contribution in [2.75, 3.05) is 11.9 Å². The van der Waals surface area contributed by atoms with E-state index in [9.17, 15) is 5.26 Å². The van der Waals surface area contributed by atoms with E-state index in [1.807, 2.05) is 20.9 Å². The number of anilines is 1. The zero-order valence-corrected chi connectivity index (χ0v) is 11.0. The van der Waals surface area contributed by atoms with Gasteiger partial charge < -0.3 is 4.90 Å². The minimum Gasteiger partial charge on any atom is -0.357 e. The van der Waals surface area contributed by atoms with Crippen LogP contribution in [-0.4, -0.2) is 12.6 Å². The molecule has 0 amide bonds. The summed E-state index contributed by atoms with van der Waals surface area (Å²) < 4.78 is 0. The number of hydrogen-bond acceptors (Lipinski definition) is 2. The average molecular weight is 228 g/mol. The second-order valence-electron chi connectivity index (χ2n) is 5.39. The zero-order chi connectivity index (χ0) is 12.5. The lowest BCUT2D eigenvalue weighted by Crippen LogP contribution is -2.39. The van der Waals surface area contributed by atoms with Gasteiger partial charge in [0.25, 0.3) is 0 Å². The minimum atomic E-state index is -0.455. The van der Waals surface area contributed by atoms with E-state index in [4.69, 9.17) is 0 Å². The summed E-state index contributed by atoms with van der Waals surface area (Å²) in [6, 6.07) is 8.98. The van der Waals surface area contributed by atoms with Crippen molar-refractivity contribution in [2.24, 2.45) is 0 Å². The number of nitriles is 1. The van der Waals surface area contributed by atoms with E-state index in [0.29, 0.717) is 0 Å². The van der Waals surface area contributed by atoms with Crippen molar-refractivity contribution in [1.82, 2.24) is 0 Å². The van der Waals surface area contributed by atoms with E-state index in [-0.39, 0.29) is 0 Å². The monoisotopic (exact) mass is 228 g/mol. The first-order valence-electron chi connectivity index (χ1n) is 6.31. The van der Waals surface area contributed by atoms with Crippen LogP contribution < -0.4 is 4.90 Å². The minimum absolute atomic E-state index is 0.455. The molecule has 2 rings (SSSR count). The summed E-state index contributed by atoms with van der Waals surface area (Å²) in [6.45, 7) is 3.90. The molecule has 0 bridgehead atoms. The lowest BCUT2D eigenvalue weighted by atomic mass is 9.91. The summed E-state index contributed by atoms with van der Waals surface area (Å²) in [4.78, 5) is 2.06. The van der Waals surface area contributed by atoms with E-state index >= 15 is 0 Å². The van der Waals surface area contributed by atoms with Gasteiger partial charge in [0.05, 0.1) is 6.07 Å². The van der Waals surface area contributed by atoms with Crippen LogP contribution in [0.15, 0.2) is 18.2 Å². The van der Waals surface area contributed by atoms with Gasteiger partial charge in [0.2, 0.25) is 0 Å². The zero-order valence-electron chi connectivity index (χ0n) is 11.0. The fraction of sp³-hybridized carbons (Fsp3) is 0.533. The number of aryl methyl sites for hydroxylation is 2. The highest BCUT2D eigenvalue weighted by molar-refractivity contribution is 5.54. The maximum atomic E-state index is 9.17. The standard InChI is InChI=1S/C15H20N2/c1-15(2,11-16)17(3)14-9-8-12-6-4-5-7-13(12)10-14/h8-10H,4-7H2,1-3H3. The third-order valence-corrected chi connectivity index (χ3v) is 3.83. The van der Waals surface area contributed by atoms with Crippen LogP contribution in [0.2, 0.25) is 0 Å². The molecule has 0 N–H and O–H groups in total. The first kappa shape index (κ1) is 12.0. The van der Waals surface area contributed by atoms with Gasteiger partial charge in [0, 0.05) is 12.7 Å². The largest absolute Gasteiger partial charge is 0.357 e. The van der Waals surface area contributed by atoms with Gasteiger partial charge in [-0.15, -0.1) is 0 Å². The van der Waals surface area contributed by atoms with Crippen LogP contribution in [0.1, 0.15) is 37.8 Å². The molecule has 0 heterocycles. The van der Waals surface area contributed by atoms with Gasteiger partial charge >= 0.3 is 0 Å². The summed E-state index contributed by atoms with van der Waals surface area (Å²) in [7, 11) is 1.99. The lowest BCUT2D eigenvalue weighted by molar-refractivity contribution is 0.615. The number of nitrogens with zero attached hydrogens (tertiary/aromatic N) is 2. The van der Waals surface area contributed by atoms with E-state index in [1.165, 1.54) is 36.8 Å². The van der Waals surface area contributed by atoms with Gasteiger partial charge in [0.15, 0.2) is 0 Å². The molecule has 0 aromatic heterocycles. The molecule has 2 heteroatoms. The molecule has 1 aliphatic carbocycles. The van der Waals surface area contributed by atoms with Gasteiger partial charge in [-0.3, -0.25) is 0 Å². The highest BCUT2D eigenvalue weighted by Gasteiger charge is 2.23. The SMILES string of the molecule is CN(c1ccc2c(c1)CCCC2)C(C)(C)C#N. The number of benzene rings is 1. The third-order valence-electron chi connectivity index (χ3n) is 3.83. The lowest BCUT2D eigenvalue weighted by Gasteiger charge is -2.32. The molecule has 90 valence electrons. The van der Waals surface area contributed by atoms with Crippen molar-refractivity contribution in [3.8, 4) is 6.07 Å². The highest BCUT2D eigenvalue weighted by Crippen LogP contribution is 2.28. The molecule has 1 aromatic carbocycles. The van der Waals surface area contributed by atoms with E-state index in [0.717, 1.165) is 5.69 Å². The quantitative estimate of drug-likeness (QED) is 0.776. The van der Waals surface area contributed by atoms with Gasteiger partial charge in [0.1, 0.15) is 5.54 Å². The molecule has 0 atom stereocenters. The van der Waals surface area contributed by atoms with Gasteiger partial charge in [-0.05, 0) is 62.8 Å². The first-order chi connectivity index (χ1) is 8.04. The van der Waals surface area contributed by atoms with Crippen LogP contribution in [0.4, 0.5) is 5.69 Å². The normalized spacial score (nSPS) is 14.9. The molecule has 17 heavy (non-hydrogen) atoms. The Hall–Kier alpha value is -1.49. The molecule has 0 spiro atoms. The van der Waals surface area contributed by atoms with Crippen molar-refractivity contribution in [1.29, 1.82) is 5.26 Å². The highest BCUT2D eigenvalue weighted by atomic mass is 15.2. The summed E-state index contributed by atoms with van der Waals surface area (Å²) >= 11 is 0. The Bertz CT molecular complexity index is 454. The summed E-state index contributed by atoms with van der Waals surface area (Å²) in [5.74, 6) is 0. The summed E-state index contributed by atoms with van der Waals surface area (Å²) in [6.07, 6.45) is 5.00. The van der Waals surface area contributed by atoms with Crippen molar-refractivity contribution < 1.29 is 0 Å². The number of fused-ring (bicyclic) bond motifs is 1. The fourth-order valence-electron chi connectivity index (χ4n) is 2.33. The third kappa shape index (κ3) is 2.29. The Kier molecular flexibility index (Phi) is 3.11. The van der Waals surface area contributed by atoms with Crippen molar-refractivity contribution in [2.45, 2.75) is 45.1 Å². The summed E-state index contributed by atoms with van der Waals surface area (Å²) in [5, 5.41) is 9.17. The van der Waals surface area contributed by atoms with Gasteiger partial charge in [-0.2, -0.15) is 5.26 Å². The molecule has 0 saturated carbocycles. The van der Waals surface area contributed by atoms with Crippen LogP contribution in [-0.2, 0) is 12.8 Å². The second kappa shape index (κ2) is 4.41.